The van der Waals surface area contributed by atoms with Crippen LogP contribution in [0.1, 0.15) is 31.4 Å². The van der Waals surface area contributed by atoms with Crippen LogP contribution in [0.5, 0.6) is 0 Å². The highest BCUT2D eigenvalue weighted by atomic mass is 32.2. The van der Waals surface area contributed by atoms with Crippen LogP contribution in [0.15, 0.2) is 41.6 Å². The SMILES string of the molecule is CC(C)c1nnc2n1CCN(S(=O)(=O)c1cccc3cnccc13)C2. The van der Waals surface area contributed by atoms with Crippen molar-refractivity contribution in [1.82, 2.24) is 24.1 Å². The van der Waals surface area contributed by atoms with E-state index in [4.69, 9.17) is 0 Å². The Balaban J connectivity index is 1.74. The Labute approximate surface area is 146 Å². The Bertz CT molecular complexity index is 1040. The lowest BCUT2D eigenvalue weighted by molar-refractivity contribution is 0.331. The molecule has 4 rings (SSSR count). The third-order valence-electron chi connectivity index (χ3n) is 4.52. The van der Waals surface area contributed by atoms with E-state index in [0.717, 1.165) is 11.2 Å². The normalized spacial score (nSPS) is 15.6. The summed E-state index contributed by atoms with van der Waals surface area (Å²) in [4.78, 5) is 4.38. The Morgan fingerprint density at radius 3 is 2.76 bits per heavy atom. The molecule has 1 aliphatic rings. The summed E-state index contributed by atoms with van der Waals surface area (Å²) in [5, 5.41) is 9.91. The second kappa shape index (κ2) is 5.89. The van der Waals surface area contributed by atoms with Crippen LogP contribution in [0.2, 0.25) is 0 Å². The van der Waals surface area contributed by atoms with E-state index in [-0.39, 0.29) is 12.5 Å². The van der Waals surface area contributed by atoms with Crippen LogP contribution < -0.4 is 0 Å². The zero-order chi connectivity index (χ0) is 17.6. The van der Waals surface area contributed by atoms with Crippen molar-refractivity contribution in [3.8, 4) is 0 Å². The van der Waals surface area contributed by atoms with E-state index in [0.29, 0.717) is 29.2 Å². The van der Waals surface area contributed by atoms with Crippen LogP contribution in [0.3, 0.4) is 0 Å². The Morgan fingerprint density at radius 1 is 1.12 bits per heavy atom. The monoisotopic (exact) mass is 357 g/mol. The fourth-order valence-electron chi connectivity index (χ4n) is 3.25. The summed E-state index contributed by atoms with van der Waals surface area (Å²) in [5.74, 6) is 1.86. The van der Waals surface area contributed by atoms with E-state index in [2.05, 4.69) is 29.0 Å². The first kappa shape index (κ1) is 16.2. The van der Waals surface area contributed by atoms with Gasteiger partial charge < -0.3 is 4.57 Å². The summed E-state index contributed by atoms with van der Waals surface area (Å²) < 4.78 is 29.9. The van der Waals surface area contributed by atoms with E-state index >= 15 is 0 Å². The summed E-state index contributed by atoms with van der Waals surface area (Å²) >= 11 is 0. The van der Waals surface area contributed by atoms with Gasteiger partial charge in [0.2, 0.25) is 10.0 Å². The quantitative estimate of drug-likeness (QED) is 0.717. The highest BCUT2D eigenvalue weighted by Crippen LogP contribution is 2.28. The minimum atomic E-state index is -3.62. The van der Waals surface area contributed by atoms with Crippen LogP contribution >= 0.6 is 0 Å². The minimum absolute atomic E-state index is 0.240. The Morgan fingerprint density at radius 2 is 1.96 bits per heavy atom. The van der Waals surface area contributed by atoms with Crippen molar-refractivity contribution in [1.29, 1.82) is 0 Å². The van der Waals surface area contributed by atoms with Gasteiger partial charge in [0.05, 0.1) is 11.4 Å². The van der Waals surface area contributed by atoms with Gasteiger partial charge in [-0.3, -0.25) is 4.98 Å². The summed E-state index contributed by atoms with van der Waals surface area (Å²) in [6, 6.07) is 7.01. The molecule has 1 aromatic carbocycles. The van der Waals surface area contributed by atoms with E-state index in [9.17, 15) is 8.42 Å². The fraction of sp³-hybridized carbons (Fsp3) is 0.353. The smallest absolute Gasteiger partial charge is 0.244 e. The maximum Gasteiger partial charge on any atom is 0.244 e. The lowest BCUT2D eigenvalue weighted by Gasteiger charge is -2.28. The maximum atomic E-state index is 13.2. The van der Waals surface area contributed by atoms with Crippen LogP contribution in [-0.2, 0) is 23.1 Å². The Kier molecular flexibility index (Phi) is 3.81. The first-order valence-corrected chi connectivity index (χ1v) is 9.67. The van der Waals surface area contributed by atoms with Crippen molar-refractivity contribution in [2.75, 3.05) is 6.54 Å². The molecule has 0 amide bonds. The van der Waals surface area contributed by atoms with Gasteiger partial charge in [-0.2, -0.15) is 4.31 Å². The standard InChI is InChI=1S/C17H19N5O2S/c1-12(2)17-20-19-16-11-21(8-9-22(16)17)25(23,24)15-5-3-4-13-10-18-7-6-14(13)15/h3-7,10,12H,8-9,11H2,1-2H3. The van der Waals surface area contributed by atoms with Gasteiger partial charge >= 0.3 is 0 Å². The van der Waals surface area contributed by atoms with Gasteiger partial charge in [0.1, 0.15) is 11.6 Å². The van der Waals surface area contributed by atoms with Crippen LogP contribution in [0.25, 0.3) is 10.8 Å². The van der Waals surface area contributed by atoms with Crippen LogP contribution in [-0.4, -0.2) is 39.0 Å². The largest absolute Gasteiger partial charge is 0.312 e. The zero-order valence-electron chi connectivity index (χ0n) is 14.1. The molecule has 0 saturated heterocycles. The molecule has 3 aromatic rings. The number of nitrogens with zero attached hydrogens (tertiary/aromatic N) is 5. The summed E-state index contributed by atoms with van der Waals surface area (Å²) in [7, 11) is -3.62. The average Bonchev–Trinajstić information content (AvgIpc) is 3.04. The number of rotatable bonds is 3. The first-order valence-electron chi connectivity index (χ1n) is 8.23. The number of aromatic nitrogens is 4. The van der Waals surface area contributed by atoms with E-state index < -0.39 is 10.0 Å². The Hall–Kier alpha value is -2.32. The number of pyridine rings is 1. The van der Waals surface area contributed by atoms with Gasteiger partial charge in [-0.1, -0.05) is 26.0 Å². The predicted molar refractivity (Wildman–Crippen MR) is 93.4 cm³/mol. The molecular formula is C17H19N5O2S. The minimum Gasteiger partial charge on any atom is -0.312 e. The molecule has 0 saturated carbocycles. The predicted octanol–water partition coefficient (Wildman–Crippen LogP) is 2.15. The van der Waals surface area contributed by atoms with E-state index in [1.54, 1.807) is 30.6 Å². The maximum absolute atomic E-state index is 13.2. The van der Waals surface area contributed by atoms with Gasteiger partial charge in [0, 0.05) is 42.2 Å². The number of hydrogen-bond acceptors (Lipinski definition) is 5. The highest BCUT2D eigenvalue weighted by Gasteiger charge is 2.32. The molecule has 25 heavy (non-hydrogen) atoms. The highest BCUT2D eigenvalue weighted by molar-refractivity contribution is 7.89. The van der Waals surface area contributed by atoms with Crippen molar-refractivity contribution >= 4 is 20.8 Å². The summed E-state index contributed by atoms with van der Waals surface area (Å²) in [6.45, 7) is 5.34. The molecule has 0 fully saturated rings. The van der Waals surface area contributed by atoms with Crippen molar-refractivity contribution in [2.24, 2.45) is 0 Å². The van der Waals surface area contributed by atoms with Crippen molar-refractivity contribution in [3.63, 3.8) is 0 Å². The molecule has 0 aliphatic carbocycles. The van der Waals surface area contributed by atoms with Crippen LogP contribution in [0.4, 0.5) is 0 Å². The molecule has 130 valence electrons. The molecule has 0 radical (unpaired) electrons. The lowest BCUT2D eigenvalue weighted by atomic mass is 10.2. The molecule has 0 spiro atoms. The summed E-state index contributed by atoms with van der Waals surface area (Å²) in [6.07, 6.45) is 3.29. The fourth-order valence-corrected chi connectivity index (χ4v) is 4.85. The first-order chi connectivity index (χ1) is 12.0. The van der Waals surface area contributed by atoms with E-state index in [1.165, 1.54) is 4.31 Å². The lowest BCUT2D eigenvalue weighted by Crippen LogP contribution is -2.38. The number of hydrogen-bond donors (Lipinski definition) is 0. The van der Waals surface area contributed by atoms with Gasteiger partial charge in [0.25, 0.3) is 0 Å². The molecule has 0 N–H and O–H groups in total. The second-order valence-electron chi connectivity index (χ2n) is 6.47. The zero-order valence-corrected chi connectivity index (χ0v) is 14.9. The van der Waals surface area contributed by atoms with Crippen LogP contribution in [0, 0.1) is 0 Å². The molecule has 2 aromatic heterocycles. The van der Waals surface area contributed by atoms with Crippen molar-refractivity contribution in [2.45, 2.75) is 37.8 Å². The van der Waals surface area contributed by atoms with Gasteiger partial charge in [0.15, 0.2) is 0 Å². The molecule has 0 bridgehead atoms. The molecule has 1 aliphatic heterocycles. The number of benzene rings is 1. The van der Waals surface area contributed by atoms with Gasteiger partial charge in [-0.05, 0) is 12.1 Å². The average molecular weight is 357 g/mol. The summed E-state index contributed by atoms with van der Waals surface area (Å²) in [5.41, 5.74) is 0. The molecule has 8 heteroatoms. The number of fused-ring (bicyclic) bond motifs is 2. The number of sulfonamides is 1. The second-order valence-corrected chi connectivity index (χ2v) is 8.38. The van der Waals surface area contributed by atoms with E-state index in [1.807, 2.05) is 10.6 Å². The molecule has 7 nitrogen and oxygen atoms in total. The molecule has 3 heterocycles. The third-order valence-corrected chi connectivity index (χ3v) is 6.43. The van der Waals surface area contributed by atoms with Gasteiger partial charge in [-0.15, -0.1) is 10.2 Å². The third kappa shape index (κ3) is 2.61. The molecule has 0 unspecified atom stereocenters. The molecular weight excluding hydrogens is 338 g/mol. The topological polar surface area (TPSA) is 81.0 Å². The van der Waals surface area contributed by atoms with Crippen molar-refractivity contribution < 1.29 is 8.42 Å². The molecule has 0 atom stereocenters. The van der Waals surface area contributed by atoms with Gasteiger partial charge in [-0.25, -0.2) is 8.42 Å². The van der Waals surface area contributed by atoms with Crippen molar-refractivity contribution in [3.05, 3.63) is 48.3 Å².